The highest BCUT2D eigenvalue weighted by atomic mass is 16.2. The molecule has 0 aliphatic carbocycles. The van der Waals surface area contributed by atoms with Crippen molar-refractivity contribution in [1.82, 2.24) is 34.2 Å². The molecule has 1 amide bonds. The van der Waals surface area contributed by atoms with Crippen LogP contribution in [0.2, 0.25) is 0 Å². The van der Waals surface area contributed by atoms with Crippen molar-refractivity contribution in [3.05, 3.63) is 59.1 Å². The van der Waals surface area contributed by atoms with Gasteiger partial charge in [-0.15, -0.1) is 0 Å². The van der Waals surface area contributed by atoms with Crippen LogP contribution in [-0.4, -0.2) is 53.2 Å². The minimum absolute atomic E-state index is 0.110. The second kappa shape index (κ2) is 7.87. The molecule has 148 valence electrons. The van der Waals surface area contributed by atoms with Crippen molar-refractivity contribution in [2.75, 3.05) is 13.1 Å². The number of aromatic nitrogens is 6. The highest BCUT2D eigenvalue weighted by molar-refractivity contribution is 5.81. The van der Waals surface area contributed by atoms with Gasteiger partial charge in [0.25, 0.3) is 0 Å². The van der Waals surface area contributed by atoms with E-state index in [2.05, 4.69) is 20.2 Å². The average Bonchev–Trinajstić information content (AvgIpc) is 3.47. The summed E-state index contributed by atoms with van der Waals surface area (Å²) in [6.07, 6.45) is 9.43. The summed E-state index contributed by atoms with van der Waals surface area (Å²) in [6, 6.07) is 3.56. The number of nitrogens with zero attached hydrogens (tertiary/aromatic N) is 5. The molecule has 1 aliphatic heterocycles. The van der Waals surface area contributed by atoms with E-state index in [1.54, 1.807) is 17.1 Å². The molecule has 9 nitrogen and oxygen atoms in total. The van der Waals surface area contributed by atoms with Crippen LogP contribution in [0, 0.1) is 0 Å². The van der Waals surface area contributed by atoms with Crippen LogP contribution < -0.4 is 5.69 Å². The predicted molar refractivity (Wildman–Crippen MR) is 103 cm³/mol. The SMILES string of the molecule is CCn1c(C2CCN(C(=O)C(Cc3cnc[nH]3)n3cccc3)CC2)n[nH]c1=O. The topological polar surface area (TPSA) is 105 Å². The average molecular weight is 383 g/mol. The van der Waals surface area contributed by atoms with Crippen LogP contribution in [0.25, 0.3) is 0 Å². The molecule has 0 saturated carbocycles. The first-order chi connectivity index (χ1) is 13.7. The molecule has 9 heteroatoms. The maximum absolute atomic E-state index is 13.3. The summed E-state index contributed by atoms with van der Waals surface area (Å²) < 4.78 is 3.64. The standard InChI is InChI=1S/C19H25N7O2/c1-2-26-17(22-23-19(26)28)14-5-9-25(10-6-14)18(27)16(24-7-3-4-8-24)11-15-12-20-13-21-15/h3-4,7-8,12-14,16H,2,5-6,9-11H2,1H3,(H,20,21)(H,23,28). The molecular weight excluding hydrogens is 358 g/mol. The van der Waals surface area contributed by atoms with Gasteiger partial charge in [-0.1, -0.05) is 0 Å². The van der Waals surface area contributed by atoms with Gasteiger partial charge >= 0.3 is 5.69 Å². The highest BCUT2D eigenvalue weighted by Crippen LogP contribution is 2.28. The number of hydrogen-bond donors (Lipinski definition) is 2. The number of aromatic amines is 2. The number of H-pyrrole nitrogens is 2. The Hall–Kier alpha value is -3.10. The largest absolute Gasteiger partial charge is 0.348 e. The molecule has 1 fully saturated rings. The van der Waals surface area contributed by atoms with Gasteiger partial charge in [-0.25, -0.2) is 14.9 Å². The van der Waals surface area contributed by atoms with E-state index >= 15 is 0 Å². The Kier molecular flexibility index (Phi) is 5.14. The van der Waals surface area contributed by atoms with Crippen molar-refractivity contribution in [3.63, 3.8) is 0 Å². The van der Waals surface area contributed by atoms with Gasteiger partial charge in [0.1, 0.15) is 11.9 Å². The fourth-order valence-corrected chi connectivity index (χ4v) is 4.00. The molecule has 1 saturated heterocycles. The van der Waals surface area contributed by atoms with E-state index in [9.17, 15) is 9.59 Å². The Morgan fingerprint density at radius 3 is 2.68 bits per heavy atom. The van der Waals surface area contributed by atoms with Gasteiger partial charge in [-0.05, 0) is 31.9 Å². The van der Waals surface area contributed by atoms with Crippen LogP contribution in [0.3, 0.4) is 0 Å². The zero-order valence-electron chi connectivity index (χ0n) is 15.9. The molecule has 0 spiro atoms. The summed E-state index contributed by atoms with van der Waals surface area (Å²) in [5, 5.41) is 6.76. The molecule has 28 heavy (non-hydrogen) atoms. The van der Waals surface area contributed by atoms with Crippen LogP contribution >= 0.6 is 0 Å². The number of amides is 1. The maximum Gasteiger partial charge on any atom is 0.343 e. The monoisotopic (exact) mass is 383 g/mol. The smallest absolute Gasteiger partial charge is 0.343 e. The van der Waals surface area contributed by atoms with Crippen molar-refractivity contribution in [2.45, 2.75) is 44.7 Å². The van der Waals surface area contributed by atoms with Gasteiger partial charge in [0.2, 0.25) is 5.91 Å². The molecule has 1 atom stereocenters. The third kappa shape index (κ3) is 3.51. The third-order valence-corrected chi connectivity index (χ3v) is 5.52. The van der Waals surface area contributed by atoms with Crippen molar-refractivity contribution < 1.29 is 4.79 Å². The molecule has 4 heterocycles. The predicted octanol–water partition coefficient (Wildman–Crippen LogP) is 1.31. The number of rotatable bonds is 6. The van der Waals surface area contributed by atoms with Gasteiger partial charge in [0.15, 0.2) is 0 Å². The number of piperidine rings is 1. The summed E-state index contributed by atoms with van der Waals surface area (Å²) in [4.78, 5) is 34.2. The molecule has 0 radical (unpaired) electrons. The van der Waals surface area contributed by atoms with Crippen LogP contribution in [-0.2, 0) is 17.8 Å². The van der Waals surface area contributed by atoms with E-state index in [4.69, 9.17) is 0 Å². The van der Waals surface area contributed by atoms with Crippen molar-refractivity contribution in [3.8, 4) is 0 Å². The third-order valence-electron chi connectivity index (χ3n) is 5.52. The Morgan fingerprint density at radius 1 is 1.29 bits per heavy atom. The minimum atomic E-state index is -0.300. The van der Waals surface area contributed by atoms with E-state index in [1.807, 2.05) is 40.9 Å². The summed E-state index contributed by atoms with van der Waals surface area (Å²) in [5.41, 5.74) is 0.772. The quantitative estimate of drug-likeness (QED) is 0.669. The van der Waals surface area contributed by atoms with E-state index in [-0.39, 0.29) is 23.6 Å². The van der Waals surface area contributed by atoms with Crippen molar-refractivity contribution in [1.29, 1.82) is 0 Å². The Labute approximate surface area is 162 Å². The van der Waals surface area contributed by atoms with Gasteiger partial charge in [0.05, 0.1) is 6.33 Å². The zero-order chi connectivity index (χ0) is 19.5. The van der Waals surface area contributed by atoms with Crippen molar-refractivity contribution >= 4 is 5.91 Å². The number of carbonyl (C=O) groups is 1. The fraction of sp³-hybridized carbons (Fsp3) is 0.474. The van der Waals surface area contributed by atoms with Crippen LogP contribution in [0.5, 0.6) is 0 Å². The lowest BCUT2D eigenvalue weighted by atomic mass is 9.95. The Balaban J connectivity index is 1.46. The minimum Gasteiger partial charge on any atom is -0.348 e. The molecule has 3 aromatic heterocycles. The van der Waals surface area contributed by atoms with Gasteiger partial charge in [-0.3, -0.25) is 9.36 Å². The van der Waals surface area contributed by atoms with Crippen LogP contribution in [0.1, 0.15) is 43.2 Å². The van der Waals surface area contributed by atoms with E-state index < -0.39 is 0 Å². The molecule has 0 bridgehead atoms. The van der Waals surface area contributed by atoms with Crippen LogP contribution in [0.15, 0.2) is 41.8 Å². The molecule has 0 aromatic carbocycles. The zero-order valence-corrected chi connectivity index (χ0v) is 15.9. The summed E-state index contributed by atoms with van der Waals surface area (Å²) >= 11 is 0. The summed E-state index contributed by atoms with van der Waals surface area (Å²) in [5.74, 6) is 1.11. The van der Waals surface area contributed by atoms with Gasteiger partial charge in [0, 0.05) is 56.3 Å². The lowest BCUT2D eigenvalue weighted by molar-refractivity contribution is -0.135. The number of carbonyl (C=O) groups excluding carboxylic acids is 1. The summed E-state index contributed by atoms with van der Waals surface area (Å²) in [7, 11) is 0. The molecule has 4 rings (SSSR count). The Bertz CT molecular complexity index is 947. The number of likely N-dealkylation sites (tertiary alicyclic amines) is 1. The lowest BCUT2D eigenvalue weighted by Gasteiger charge is -2.34. The first kappa shape index (κ1) is 18.3. The molecular formula is C19H25N7O2. The Morgan fingerprint density at radius 2 is 2.04 bits per heavy atom. The van der Waals surface area contributed by atoms with E-state index in [0.29, 0.717) is 26.1 Å². The lowest BCUT2D eigenvalue weighted by Crippen LogP contribution is -2.43. The van der Waals surface area contributed by atoms with Gasteiger partial charge < -0.3 is 14.5 Å². The van der Waals surface area contributed by atoms with Crippen molar-refractivity contribution in [2.24, 2.45) is 0 Å². The number of imidazole rings is 1. The van der Waals surface area contributed by atoms with Gasteiger partial charge in [-0.2, -0.15) is 5.10 Å². The fourth-order valence-electron chi connectivity index (χ4n) is 4.00. The number of nitrogens with one attached hydrogen (secondary N) is 2. The maximum atomic E-state index is 13.3. The normalized spacial score (nSPS) is 16.4. The second-order valence-electron chi connectivity index (χ2n) is 7.16. The van der Waals surface area contributed by atoms with Crippen LogP contribution in [0.4, 0.5) is 0 Å². The molecule has 1 unspecified atom stereocenters. The molecule has 1 aliphatic rings. The van der Waals surface area contributed by atoms with E-state index in [1.165, 1.54) is 0 Å². The number of hydrogen-bond acceptors (Lipinski definition) is 4. The first-order valence-electron chi connectivity index (χ1n) is 9.71. The highest BCUT2D eigenvalue weighted by Gasteiger charge is 2.31. The molecule has 3 aromatic rings. The second-order valence-corrected chi connectivity index (χ2v) is 7.16. The summed E-state index contributed by atoms with van der Waals surface area (Å²) in [6.45, 7) is 3.87. The van der Waals surface area contributed by atoms with E-state index in [0.717, 1.165) is 24.4 Å². The first-order valence-corrected chi connectivity index (χ1v) is 9.71. The molecule has 2 N–H and O–H groups in total.